The van der Waals surface area contributed by atoms with Gasteiger partial charge >= 0.3 is 24.0 Å². The molecule has 172 valence electrons. The van der Waals surface area contributed by atoms with E-state index in [0.29, 0.717) is 6.42 Å². The minimum atomic E-state index is -6.03. The Labute approximate surface area is 169 Å². The number of amides is 1. The summed E-state index contributed by atoms with van der Waals surface area (Å²) in [4.78, 5) is 23.5. The van der Waals surface area contributed by atoms with Crippen molar-refractivity contribution in [3.63, 3.8) is 0 Å². The number of rotatable bonds is 15. The average Bonchev–Trinajstić information content (AvgIpc) is 2.65. The normalized spacial score (nSPS) is 14.3. The molecule has 0 aromatic carbocycles. The molecule has 0 aliphatic rings. The zero-order valence-electron chi connectivity index (χ0n) is 17.5. The lowest BCUT2D eigenvalue weighted by Gasteiger charge is -2.26. The minimum Gasteiger partial charge on any atom is -0.464 e. The van der Waals surface area contributed by atoms with Gasteiger partial charge in [0.2, 0.25) is 0 Å². The van der Waals surface area contributed by atoms with Crippen LogP contribution in [0.25, 0.3) is 0 Å². The van der Waals surface area contributed by atoms with Gasteiger partial charge in [-0.3, -0.25) is 4.79 Å². The Morgan fingerprint density at radius 3 is 1.79 bits per heavy atom. The maximum absolute atomic E-state index is 13.1. The summed E-state index contributed by atoms with van der Waals surface area (Å²) in [6, 6.07) is -1.56. The summed E-state index contributed by atoms with van der Waals surface area (Å²) in [7, 11) is 0. The van der Waals surface area contributed by atoms with E-state index in [1.165, 1.54) is 37.9 Å². The van der Waals surface area contributed by atoms with Crippen molar-refractivity contribution >= 4 is 11.9 Å². The number of nitrogens with one attached hydrogen (secondary N) is 1. The van der Waals surface area contributed by atoms with E-state index in [4.69, 9.17) is 4.74 Å². The average molecular weight is 431 g/mol. The van der Waals surface area contributed by atoms with Gasteiger partial charge < -0.3 is 10.1 Å². The lowest BCUT2D eigenvalue weighted by molar-refractivity contribution is -0.270. The van der Waals surface area contributed by atoms with Gasteiger partial charge in [-0.2, -0.15) is 22.0 Å². The van der Waals surface area contributed by atoms with Crippen LogP contribution in [0.4, 0.5) is 22.0 Å². The highest BCUT2D eigenvalue weighted by Gasteiger charge is 2.63. The van der Waals surface area contributed by atoms with Crippen LogP contribution in [0, 0.1) is 5.92 Å². The third-order valence-electron chi connectivity index (χ3n) is 4.89. The molecule has 0 bridgehead atoms. The first-order chi connectivity index (χ1) is 13.5. The number of carbonyl (C=O) groups is 2. The first kappa shape index (κ1) is 27.6. The van der Waals surface area contributed by atoms with Crippen LogP contribution in [0.15, 0.2) is 0 Å². The van der Waals surface area contributed by atoms with Crippen LogP contribution in [0.5, 0.6) is 0 Å². The van der Waals surface area contributed by atoms with Crippen molar-refractivity contribution in [2.45, 2.75) is 103 Å². The van der Waals surface area contributed by atoms with Crippen LogP contribution in [0.2, 0.25) is 0 Å². The molecule has 0 aromatic heterocycles. The van der Waals surface area contributed by atoms with Crippen LogP contribution in [-0.4, -0.2) is 36.6 Å². The van der Waals surface area contributed by atoms with Crippen molar-refractivity contribution in [3.8, 4) is 0 Å². The van der Waals surface area contributed by atoms with Gasteiger partial charge in [-0.05, 0) is 12.3 Å². The van der Waals surface area contributed by atoms with E-state index in [1.54, 1.807) is 6.92 Å². The summed E-state index contributed by atoms with van der Waals surface area (Å²) in [6.45, 7) is 5.28. The summed E-state index contributed by atoms with van der Waals surface area (Å²) in [5, 5.41) is 1.52. The van der Waals surface area contributed by atoms with E-state index in [0.717, 1.165) is 25.7 Å². The molecule has 9 heteroatoms. The van der Waals surface area contributed by atoms with Crippen molar-refractivity contribution in [3.05, 3.63) is 0 Å². The van der Waals surface area contributed by atoms with E-state index in [-0.39, 0.29) is 13.0 Å². The molecule has 0 aliphatic carbocycles. The molecular weight excluding hydrogens is 397 g/mol. The molecule has 0 radical (unpaired) electrons. The monoisotopic (exact) mass is 431 g/mol. The molecular formula is C20H34F5NO3. The van der Waals surface area contributed by atoms with Crippen LogP contribution in [-0.2, 0) is 14.3 Å². The molecule has 0 rings (SSSR count). The Kier molecular flexibility index (Phi) is 13.1. The van der Waals surface area contributed by atoms with Crippen LogP contribution in [0.3, 0.4) is 0 Å². The molecule has 0 saturated heterocycles. The summed E-state index contributed by atoms with van der Waals surface area (Å²) in [5.41, 5.74) is 0. The third kappa shape index (κ3) is 10.3. The van der Waals surface area contributed by atoms with Gasteiger partial charge in [-0.1, -0.05) is 78.6 Å². The molecule has 2 unspecified atom stereocenters. The van der Waals surface area contributed by atoms with Gasteiger partial charge in [0.25, 0.3) is 0 Å². The summed E-state index contributed by atoms with van der Waals surface area (Å²) in [5.74, 6) is -9.77. The quantitative estimate of drug-likeness (QED) is 0.203. The first-order valence-corrected chi connectivity index (χ1v) is 10.4. The highest BCUT2D eigenvalue weighted by Crippen LogP contribution is 2.35. The summed E-state index contributed by atoms with van der Waals surface area (Å²) >= 11 is 0. The second kappa shape index (κ2) is 13.7. The van der Waals surface area contributed by atoms with Gasteiger partial charge in [-0.25, -0.2) is 4.79 Å². The number of hydrogen-bond acceptors (Lipinski definition) is 3. The van der Waals surface area contributed by atoms with Gasteiger partial charge in [0, 0.05) is 0 Å². The van der Waals surface area contributed by atoms with Crippen LogP contribution < -0.4 is 5.32 Å². The third-order valence-corrected chi connectivity index (χ3v) is 4.89. The number of alkyl halides is 5. The second-order valence-corrected chi connectivity index (χ2v) is 7.40. The van der Waals surface area contributed by atoms with Crippen LogP contribution in [0.1, 0.15) is 85.0 Å². The number of hydrogen-bond donors (Lipinski definition) is 1. The molecule has 4 nitrogen and oxygen atoms in total. The molecule has 2 atom stereocenters. The molecule has 0 aromatic rings. The molecule has 1 N–H and O–H groups in total. The Balaban J connectivity index is 4.39. The van der Waals surface area contributed by atoms with E-state index in [2.05, 4.69) is 6.92 Å². The Bertz CT molecular complexity index is 483. The highest BCUT2D eigenvalue weighted by atomic mass is 19.4. The number of ether oxygens (including phenoxy) is 1. The highest BCUT2D eigenvalue weighted by molar-refractivity contribution is 5.89. The van der Waals surface area contributed by atoms with Crippen molar-refractivity contribution in [2.75, 3.05) is 6.61 Å². The molecule has 1 amide bonds. The van der Waals surface area contributed by atoms with Crippen molar-refractivity contribution in [2.24, 2.45) is 5.92 Å². The second-order valence-electron chi connectivity index (χ2n) is 7.40. The number of unbranched alkanes of at least 4 members (excludes halogenated alkanes) is 8. The number of halogens is 5. The molecule has 0 heterocycles. The van der Waals surface area contributed by atoms with Crippen LogP contribution >= 0.6 is 0 Å². The van der Waals surface area contributed by atoms with Crippen molar-refractivity contribution < 1.29 is 36.3 Å². The zero-order valence-corrected chi connectivity index (χ0v) is 17.5. The standard InChI is InChI=1S/C20H34F5NO3/c1-4-6-7-8-9-10-11-12-13-14-29-17(27)16(15(3)5-2)26-18(28)19(21,22)20(23,24)25/h15-16H,4-14H2,1-3H3,(H,26,28). The summed E-state index contributed by atoms with van der Waals surface area (Å²) in [6.07, 6.45) is 3.71. The topological polar surface area (TPSA) is 55.4 Å². The van der Waals surface area contributed by atoms with Crippen molar-refractivity contribution in [1.29, 1.82) is 0 Å². The molecule has 0 aliphatic heterocycles. The van der Waals surface area contributed by atoms with Crippen molar-refractivity contribution in [1.82, 2.24) is 5.32 Å². The molecule has 29 heavy (non-hydrogen) atoms. The van der Waals surface area contributed by atoms with Gasteiger partial charge in [0.15, 0.2) is 0 Å². The van der Waals surface area contributed by atoms with E-state index < -0.39 is 35.9 Å². The Morgan fingerprint density at radius 2 is 1.34 bits per heavy atom. The molecule has 0 saturated carbocycles. The van der Waals surface area contributed by atoms with E-state index >= 15 is 0 Å². The van der Waals surface area contributed by atoms with E-state index in [1.807, 2.05) is 0 Å². The zero-order chi connectivity index (χ0) is 22.5. The first-order valence-electron chi connectivity index (χ1n) is 10.4. The molecule has 0 spiro atoms. The largest absolute Gasteiger partial charge is 0.464 e. The fourth-order valence-electron chi connectivity index (χ4n) is 2.71. The molecule has 0 fully saturated rings. The lowest BCUT2D eigenvalue weighted by Crippen LogP contribution is -2.56. The van der Waals surface area contributed by atoms with Gasteiger partial charge in [0.1, 0.15) is 6.04 Å². The van der Waals surface area contributed by atoms with E-state index in [9.17, 15) is 31.5 Å². The number of esters is 1. The Hall–Kier alpha value is -1.41. The fourth-order valence-corrected chi connectivity index (χ4v) is 2.71. The predicted molar refractivity (Wildman–Crippen MR) is 101 cm³/mol. The minimum absolute atomic E-state index is 0.0349. The maximum Gasteiger partial charge on any atom is 0.463 e. The Morgan fingerprint density at radius 1 is 0.862 bits per heavy atom. The van der Waals surface area contributed by atoms with Gasteiger partial charge in [0.05, 0.1) is 6.61 Å². The number of carbonyl (C=O) groups excluding carboxylic acids is 2. The lowest BCUT2D eigenvalue weighted by atomic mass is 9.99. The smallest absolute Gasteiger partial charge is 0.463 e. The fraction of sp³-hybridized carbons (Fsp3) is 0.900. The van der Waals surface area contributed by atoms with Gasteiger partial charge in [-0.15, -0.1) is 0 Å². The predicted octanol–water partition coefficient (Wildman–Crippen LogP) is 5.79. The SMILES string of the molecule is CCCCCCCCCCCOC(=O)C(NC(=O)C(F)(F)C(F)(F)F)C(C)CC. The summed E-state index contributed by atoms with van der Waals surface area (Å²) < 4.78 is 68.3. The maximum atomic E-state index is 13.1.